The van der Waals surface area contributed by atoms with E-state index < -0.39 is 43.4 Å². The summed E-state index contributed by atoms with van der Waals surface area (Å²) < 4.78 is 83.7. The number of hydrogen-bond acceptors (Lipinski definition) is 7. The van der Waals surface area contributed by atoms with Gasteiger partial charge in [-0.2, -0.15) is 18.4 Å². The quantitative estimate of drug-likeness (QED) is 0.0652. The van der Waals surface area contributed by atoms with Crippen molar-refractivity contribution in [1.29, 1.82) is 5.26 Å². The molecule has 6 atom stereocenters. The molecule has 0 bridgehead atoms. The number of hydrogen-bond donors (Lipinski definition) is 3. The van der Waals surface area contributed by atoms with Crippen molar-refractivity contribution < 1.29 is 40.6 Å². The van der Waals surface area contributed by atoms with Crippen LogP contribution in [-0.2, 0) is 4.79 Å². The molecule has 1 fully saturated rings. The van der Waals surface area contributed by atoms with E-state index in [4.69, 9.17) is 16.1 Å². The van der Waals surface area contributed by atoms with Crippen LogP contribution in [0.1, 0.15) is 80.2 Å². The van der Waals surface area contributed by atoms with E-state index >= 15 is 0 Å². The lowest BCUT2D eigenvalue weighted by Crippen LogP contribution is -2.45. The van der Waals surface area contributed by atoms with E-state index in [1.807, 2.05) is 45.9 Å². The maximum Gasteiger partial charge on any atom is 0.401 e. The number of aliphatic hydroxyl groups is 1. The first-order valence-electron chi connectivity index (χ1n) is 16.5. The number of nitrogens with zero attached hydrogens (tertiary/aromatic N) is 4. The molecule has 0 aromatic carbocycles. The fourth-order valence-electron chi connectivity index (χ4n) is 4.24. The van der Waals surface area contributed by atoms with Crippen LogP contribution in [0.3, 0.4) is 0 Å². The second kappa shape index (κ2) is 29.2. The number of nitriles is 1. The molecule has 1 saturated carbocycles. The van der Waals surface area contributed by atoms with Gasteiger partial charge in [0.05, 0.1) is 18.2 Å². The van der Waals surface area contributed by atoms with Gasteiger partial charge in [-0.05, 0) is 77.0 Å². The van der Waals surface area contributed by atoms with Crippen LogP contribution >= 0.6 is 0 Å². The predicted octanol–water partition coefficient (Wildman–Crippen LogP) is 8.56. The van der Waals surface area contributed by atoms with Gasteiger partial charge in [0.25, 0.3) is 0 Å². The monoisotopic (exact) mass is 724 g/mol. The summed E-state index contributed by atoms with van der Waals surface area (Å²) in [4.78, 5) is 21.5. The number of alkyl halides is 5. The summed E-state index contributed by atoms with van der Waals surface area (Å²) in [5.41, 5.74) is 5.93. The molecule has 1 amide bonds. The Morgan fingerprint density at radius 2 is 1.80 bits per heavy atom. The highest BCUT2D eigenvalue weighted by atomic mass is 19.4. The number of carbonyl (C=O) groups is 1. The highest BCUT2D eigenvalue weighted by Crippen LogP contribution is 2.35. The maximum absolute atomic E-state index is 12.3. The molecule has 6 unspecified atom stereocenters. The Balaban J connectivity index is -0.000000679. The summed E-state index contributed by atoms with van der Waals surface area (Å²) in [6, 6.07) is 5.02. The van der Waals surface area contributed by atoms with E-state index in [0.29, 0.717) is 42.9 Å². The maximum atomic E-state index is 12.3. The van der Waals surface area contributed by atoms with Crippen molar-refractivity contribution in [2.45, 2.75) is 105 Å². The minimum Gasteiger partial charge on any atom is -0.379 e. The predicted molar refractivity (Wildman–Crippen MR) is 187 cm³/mol. The van der Waals surface area contributed by atoms with Crippen LogP contribution in [0.15, 0.2) is 59.3 Å². The van der Waals surface area contributed by atoms with Gasteiger partial charge in [-0.3, -0.25) is 14.7 Å². The largest absolute Gasteiger partial charge is 0.401 e. The van der Waals surface area contributed by atoms with Crippen molar-refractivity contribution in [3.05, 3.63) is 59.9 Å². The zero-order valence-electron chi connectivity index (χ0n) is 30.3. The molecule has 1 aliphatic carbocycles. The normalized spacial score (nSPS) is 19.1. The summed E-state index contributed by atoms with van der Waals surface area (Å²) >= 11 is 0. The van der Waals surface area contributed by atoms with Crippen LogP contribution in [0.2, 0.25) is 0 Å². The summed E-state index contributed by atoms with van der Waals surface area (Å²) in [5.74, 6) is -2.27. The molecule has 1 aromatic rings. The van der Waals surface area contributed by atoms with E-state index in [1.54, 1.807) is 26.0 Å². The Hall–Kier alpha value is -3.61. The molecule has 0 saturated heterocycles. The van der Waals surface area contributed by atoms with Gasteiger partial charge in [0.2, 0.25) is 5.91 Å². The Morgan fingerprint density at radius 3 is 2.20 bits per heavy atom. The van der Waals surface area contributed by atoms with E-state index in [9.17, 15) is 35.5 Å². The van der Waals surface area contributed by atoms with Crippen molar-refractivity contribution in [2.75, 3.05) is 25.1 Å². The van der Waals surface area contributed by atoms with Crippen molar-refractivity contribution >= 4 is 18.4 Å². The highest BCUT2D eigenvalue weighted by Gasteiger charge is 2.36. The number of allylic oxidation sites excluding steroid dienone is 4. The Kier molecular flexibility index (Phi) is 29.6. The molecule has 0 radical (unpaired) electrons. The lowest BCUT2D eigenvalue weighted by molar-refractivity contribution is -0.171. The number of anilines is 1. The topological polar surface area (TPSA) is 128 Å². The van der Waals surface area contributed by atoms with Gasteiger partial charge >= 0.3 is 6.18 Å². The first-order valence-corrected chi connectivity index (χ1v) is 16.5. The molecule has 286 valence electrons. The third-order valence-electron chi connectivity index (χ3n) is 6.70. The number of rotatable bonds is 12. The molecule has 1 heterocycles. The number of nitrogens with one attached hydrogen (secondary N) is 1. The number of amides is 1. The fraction of sp³-hybridized carbons (Fsp3) is 0.600. The Labute approximate surface area is 293 Å². The number of nitrogens with two attached hydrogens (primary N) is 1. The van der Waals surface area contributed by atoms with E-state index in [1.165, 1.54) is 13.1 Å². The van der Waals surface area contributed by atoms with Gasteiger partial charge in [-0.15, -0.1) is 0 Å². The first-order chi connectivity index (χ1) is 23.5. The Morgan fingerprint density at radius 1 is 1.20 bits per heavy atom. The van der Waals surface area contributed by atoms with Gasteiger partial charge in [-0.25, -0.2) is 22.5 Å². The molecule has 4 N–H and O–H groups in total. The molecular formula is C35H55F7N6O2. The summed E-state index contributed by atoms with van der Waals surface area (Å²) in [5, 5.41) is 20.6. The highest BCUT2D eigenvalue weighted by molar-refractivity contribution is 5.92. The van der Waals surface area contributed by atoms with Crippen molar-refractivity contribution in [3.63, 3.8) is 0 Å². The second-order valence-electron chi connectivity index (χ2n) is 10.4. The third-order valence-corrected chi connectivity index (χ3v) is 6.70. The van der Waals surface area contributed by atoms with Crippen LogP contribution in [0.5, 0.6) is 0 Å². The van der Waals surface area contributed by atoms with Gasteiger partial charge in [0.15, 0.2) is 11.7 Å². The lowest BCUT2D eigenvalue weighted by Gasteiger charge is -2.31. The number of aromatic nitrogens is 1. The van der Waals surface area contributed by atoms with Gasteiger partial charge in [0.1, 0.15) is 31.0 Å². The average Bonchev–Trinajstić information content (AvgIpc) is 3.51. The average molecular weight is 725 g/mol. The van der Waals surface area contributed by atoms with Gasteiger partial charge in [-0.1, -0.05) is 46.8 Å². The number of halogens is 7. The van der Waals surface area contributed by atoms with E-state index in [2.05, 4.69) is 22.0 Å². The standard InChI is InChI=1S/C16H19N5O.C8H16F3NO.C7H8F4.2C2H6/c1-19-14-8-13(7-12(14)3-2-6-17)16(22)21-15-5-4-11(9-18)10-20-15;1-4-6(2)12(7(3)13)5-8(9,10)11;1-5(9)4-7(11)6(10)2-3-8;2*1-2/h2-5,10,12-14H,1,6-8,17H2,(H,20,21,22);6-7,13H,4-5H2,1-3H3;2,4-5H,3H2,1H3;2*1-2H3/b3-2+;;6-2+,7-4+;;. The van der Waals surface area contributed by atoms with Crippen LogP contribution in [0.25, 0.3) is 0 Å². The molecule has 1 aliphatic rings. The summed E-state index contributed by atoms with van der Waals surface area (Å²) in [6.45, 7) is 15.8. The smallest absolute Gasteiger partial charge is 0.379 e. The number of aliphatic imine (C=N–C) groups is 1. The number of pyridine rings is 1. The molecule has 0 spiro atoms. The fourth-order valence-corrected chi connectivity index (χ4v) is 4.24. The SMILES string of the molecule is C=NC1CC(C(=O)Nc2ccc(C#N)cn2)CC1/C=C/CN.CC.CC.CC(F)/C=C(F)\C(F)=C/CF.CCC(C)N(CC(F)(F)F)C(C)O. The minimum atomic E-state index is -4.25. The molecule has 1 aromatic heterocycles. The summed E-state index contributed by atoms with van der Waals surface area (Å²) in [7, 11) is 0. The van der Waals surface area contributed by atoms with E-state index in [0.717, 1.165) is 18.2 Å². The van der Waals surface area contributed by atoms with Gasteiger partial charge < -0.3 is 16.2 Å². The number of aliphatic hydroxyl groups excluding tert-OH is 1. The first kappa shape index (κ1) is 50.8. The lowest BCUT2D eigenvalue weighted by atomic mass is 10.0. The molecular weight excluding hydrogens is 669 g/mol. The zero-order chi connectivity index (χ0) is 39.4. The molecule has 50 heavy (non-hydrogen) atoms. The second-order valence-corrected chi connectivity index (χ2v) is 10.4. The van der Waals surface area contributed by atoms with Crippen LogP contribution in [-0.4, -0.2) is 78.0 Å². The number of carbonyl (C=O) groups excluding carboxylic acids is 1. The molecule has 0 aliphatic heterocycles. The summed E-state index contributed by atoms with van der Waals surface area (Å²) in [6.07, 6.45) is 1.28. The van der Waals surface area contributed by atoms with Crippen molar-refractivity contribution in [1.82, 2.24) is 9.88 Å². The zero-order valence-corrected chi connectivity index (χ0v) is 30.3. The Bertz CT molecular complexity index is 1180. The van der Waals surface area contributed by atoms with Crippen LogP contribution in [0, 0.1) is 23.2 Å². The van der Waals surface area contributed by atoms with Crippen molar-refractivity contribution in [2.24, 2.45) is 22.6 Å². The van der Waals surface area contributed by atoms with Crippen LogP contribution < -0.4 is 11.1 Å². The van der Waals surface area contributed by atoms with Crippen molar-refractivity contribution in [3.8, 4) is 6.07 Å². The molecule has 8 nitrogen and oxygen atoms in total. The van der Waals surface area contributed by atoms with Gasteiger partial charge in [0, 0.05) is 24.7 Å². The minimum absolute atomic E-state index is 0.0486. The molecule has 2 rings (SSSR count). The molecule has 15 heteroatoms. The van der Waals surface area contributed by atoms with E-state index in [-0.39, 0.29) is 29.8 Å². The van der Waals surface area contributed by atoms with Crippen LogP contribution in [0.4, 0.5) is 36.6 Å². The third kappa shape index (κ3) is 22.9.